The summed E-state index contributed by atoms with van der Waals surface area (Å²) in [6.45, 7) is 2.24. The molecule has 6 nitrogen and oxygen atoms in total. The average molecular weight is 280 g/mol. The van der Waals surface area contributed by atoms with Gasteiger partial charge in [0.25, 0.3) is 0 Å². The number of hydrogen-bond donors (Lipinski definition) is 2. The number of nitrogen functional groups attached to an aromatic ring is 1. The molecule has 0 bridgehead atoms. The highest BCUT2D eigenvalue weighted by atomic mass is 32.2. The standard InChI is InChI=1S/C12H16N4O2S/c1-9-5-3-4-6-10(9)8-16(2)19(17,18)11-7-14-15-12(11)13/h3-7H,8H2,1-2H3,(H3,13,14,15). The molecule has 0 unspecified atom stereocenters. The molecule has 3 N–H and O–H groups in total. The quantitative estimate of drug-likeness (QED) is 0.878. The number of benzene rings is 1. The first-order valence-corrected chi connectivity index (χ1v) is 7.16. The van der Waals surface area contributed by atoms with Crippen molar-refractivity contribution in [2.45, 2.75) is 18.4 Å². The van der Waals surface area contributed by atoms with Crippen LogP contribution in [0, 0.1) is 6.92 Å². The smallest absolute Gasteiger partial charge is 0.248 e. The third kappa shape index (κ3) is 2.61. The maximum atomic E-state index is 12.3. The van der Waals surface area contributed by atoms with E-state index in [2.05, 4.69) is 10.2 Å². The van der Waals surface area contributed by atoms with Crippen LogP contribution in [0.15, 0.2) is 35.4 Å². The first-order valence-electron chi connectivity index (χ1n) is 5.72. The van der Waals surface area contributed by atoms with Crippen LogP contribution in [0.4, 0.5) is 5.82 Å². The molecule has 0 fully saturated rings. The third-order valence-electron chi connectivity index (χ3n) is 2.97. The van der Waals surface area contributed by atoms with E-state index in [0.29, 0.717) is 6.54 Å². The zero-order chi connectivity index (χ0) is 14.0. The highest BCUT2D eigenvalue weighted by Crippen LogP contribution is 2.21. The second-order valence-corrected chi connectivity index (χ2v) is 6.35. The monoisotopic (exact) mass is 280 g/mol. The molecule has 7 heteroatoms. The number of nitrogens with one attached hydrogen (secondary N) is 1. The highest BCUT2D eigenvalue weighted by Gasteiger charge is 2.25. The van der Waals surface area contributed by atoms with Crippen molar-refractivity contribution < 1.29 is 8.42 Å². The minimum Gasteiger partial charge on any atom is -0.383 e. The predicted octanol–water partition coefficient (Wildman–Crippen LogP) is 1.12. The molecule has 0 saturated heterocycles. The van der Waals surface area contributed by atoms with Gasteiger partial charge in [0, 0.05) is 13.6 Å². The molecule has 1 heterocycles. The molecule has 0 spiro atoms. The molecular weight excluding hydrogens is 264 g/mol. The fourth-order valence-corrected chi connectivity index (χ4v) is 2.93. The van der Waals surface area contributed by atoms with Crippen molar-refractivity contribution in [3.05, 3.63) is 41.6 Å². The van der Waals surface area contributed by atoms with E-state index in [1.54, 1.807) is 0 Å². The molecule has 102 valence electrons. The van der Waals surface area contributed by atoms with Gasteiger partial charge in [-0.2, -0.15) is 9.40 Å². The van der Waals surface area contributed by atoms with E-state index in [4.69, 9.17) is 5.73 Å². The van der Waals surface area contributed by atoms with Gasteiger partial charge in [0.2, 0.25) is 10.0 Å². The zero-order valence-corrected chi connectivity index (χ0v) is 11.6. The van der Waals surface area contributed by atoms with Crippen molar-refractivity contribution in [2.24, 2.45) is 0 Å². The van der Waals surface area contributed by atoms with E-state index in [0.717, 1.165) is 11.1 Å². The Bertz CT molecular complexity index is 679. The first kappa shape index (κ1) is 13.6. The third-order valence-corrected chi connectivity index (χ3v) is 4.81. The first-order chi connectivity index (χ1) is 8.93. The molecule has 2 aromatic rings. The molecule has 0 aliphatic carbocycles. The summed E-state index contributed by atoms with van der Waals surface area (Å²) in [7, 11) is -2.10. The number of aromatic nitrogens is 2. The topological polar surface area (TPSA) is 92.1 Å². The number of nitrogens with zero attached hydrogens (tertiary/aromatic N) is 2. The Morgan fingerprint density at radius 2 is 2.05 bits per heavy atom. The lowest BCUT2D eigenvalue weighted by molar-refractivity contribution is 0.466. The van der Waals surface area contributed by atoms with Crippen molar-refractivity contribution >= 4 is 15.8 Å². The van der Waals surface area contributed by atoms with Crippen LogP contribution in [-0.2, 0) is 16.6 Å². The summed E-state index contributed by atoms with van der Waals surface area (Å²) < 4.78 is 25.9. The summed E-state index contributed by atoms with van der Waals surface area (Å²) in [5, 5.41) is 6.07. The molecular formula is C12H16N4O2S. The maximum Gasteiger partial charge on any atom is 0.248 e. The second-order valence-electron chi connectivity index (χ2n) is 4.34. The van der Waals surface area contributed by atoms with Crippen LogP contribution in [0.25, 0.3) is 0 Å². The largest absolute Gasteiger partial charge is 0.383 e. The summed E-state index contributed by atoms with van der Waals surface area (Å²) in [4.78, 5) is 0.00332. The number of rotatable bonds is 4. The van der Waals surface area contributed by atoms with Crippen molar-refractivity contribution in [1.29, 1.82) is 0 Å². The van der Waals surface area contributed by atoms with Crippen molar-refractivity contribution in [1.82, 2.24) is 14.5 Å². The summed E-state index contributed by atoms with van der Waals surface area (Å²) >= 11 is 0. The van der Waals surface area contributed by atoms with Crippen LogP contribution >= 0.6 is 0 Å². The fraction of sp³-hybridized carbons (Fsp3) is 0.250. The van der Waals surface area contributed by atoms with E-state index in [1.807, 2.05) is 31.2 Å². The van der Waals surface area contributed by atoms with E-state index < -0.39 is 10.0 Å². The van der Waals surface area contributed by atoms with Gasteiger partial charge >= 0.3 is 0 Å². The summed E-state index contributed by atoms with van der Waals surface area (Å²) in [6.07, 6.45) is 1.22. The minimum atomic E-state index is -3.63. The van der Waals surface area contributed by atoms with Crippen molar-refractivity contribution in [3.63, 3.8) is 0 Å². The maximum absolute atomic E-state index is 12.3. The molecule has 0 aliphatic rings. The molecule has 0 saturated carbocycles. The normalized spacial score (nSPS) is 11.9. The predicted molar refractivity (Wildman–Crippen MR) is 72.8 cm³/mol. The highest BCUT2D eigenvalue weighted by molar-refractivity contribution is 7.89. The molecule has 1 aromatic carbocycles. The van der Waals surface area contributed by atoms with E-state index >= 15 is 0 Å². The van der Waals surface area contributed by atoms with E-state index in [1.165, 1.54) is 17.5 Å². The van der Waals surface area contributed by atoms with Gasteiger partial charge in [-0.1, -0.05) is 24.3 Å². The Balaban J connectivity index is 2.28. The average Bonchev–Trinajstić information content (AvgIpc) is 2.79. The molecule has 0 atom stereocenters. The number of nitrogens with two attached hydrogens (primary N) is 1. The van der Waals surface area contributed by atoms with Gasteiger partial charge in [-0.05, 0) is 18.1 Å². The number of sulfonamides is 1. The van der Waals surface area contributed by atoms with Crippen LogP contribution in [0.1, 0.15) is 11.1 Å². The van der Waals surface area contributed by atoms with Crippen LogP contribution in [0.2, 0.25) is 0 Å². The summed E-state index contributed by atoms with van der Waals surface area (Å²) in [6, 6.07) is 7.65. The number of aryl methyl sites for hydroxylation is 1. The molecule has 0 radical (unpaired) electrons. The SMILES string of the molecule is Cc1ccccc1CN(C)S(=O)(=O)c1cn[nH]c1N. The van der Waals surface area contributed by atoms with E-state index in [9.17, 15) is 8.42 Å². The number of H-pyrrole nitrogens is 1. The Kier molecular flexibility index (Phi) is 3.59. The Labute approximate surface area is 112 Å². The van der Waals surface area contributed by atoms with Crippen LogP contribution in [0.5, 0.6) is 0 Å². The van der Waals surface area contributed by atoms with Gasteiger partial charge in [0.1, 0.15) is 10.7 Å². The zero-order valence-electron chi connectivity index (χ0n) is 10.8. The van der Waals surface area contributed by atoms with Gasteiger partial charge in [-0.3, -0.25) is 5.10 Å². The van der Waals surface area contributed by atoms with Crippen LogP contribution in [0.3, 0.4) is 0 Å². The van der Waals surface area contributed by atoms with Crippen molar-refractivity contribution in [2.75, 3.05) is 12.8 Å². The molecule has 1 aromatic heterocycles. The Morgan fingerprint density at radius 1 is 1.37 bits per heavy atom. The molecule has 0 aliphatic heterocycles. The van der Waals surface area contributed by atoms with Gasteiger partial charge in [-0.15, -0.1) is 0 Å². The second kappa shape index (κ2) is 5.02. The lowest BCUT2D eigenvalue weighted by Crippen LogP contribution is -2.27. The lowest BCUT2D eigenvalue weighted by atomic mass is 10.1. The lowest BCUT2D eigenvalue weighted by Gasteiger charge is -2.17. The Morgan fingerprint density at radius 3 is 2.63 bits per heavy atom. The summed E-state index contributed by atoms with van der Waals surface area (Å²) in [5.74, 6) is 0.0524. The van der Waals surface area contributed by atoms with Gasteiger partial charge in [0.05, 0.1) is 6.20 Å². The van der Waals surface area contributed by atoms with Crippen LogP contribution < -0.4 is 5.73 Å². The fourth-order valence-electron chi connectivity index (χ4n) is 1.77. The number of hydrogen-bond acceptors (Lipinski definition) is 4. The summed E-state index contributed by atoms with van der Waals surface area (Å²) in [5.41, 5.74) is 7.56. The van der Waals surface area contributed by atoms with Gasteiger partial charge in [0.15, 0.2) is 0 Å². The number of anilines is 1. The minimum absolute atomic E-state index is 0.00332. The Hall–Kier alpha value is -1.86. The van der Waals surface area contributed by atoms with E-state index in [-0.39, 0.29) is 10.7 Å². The number of aromatic amines is 1. The molecule has 19 heavy (non-hydrogen) atoms. The van der Waals surface area contributed by atoms with Crippen LogP contribution in [-0.4, -0.2) is 30.0 Å². The van der Waals surface area contributed by atoms with Gasteiger partial charge < -0.3 is 5.73 Å². The molecule has 2 rings (SSSR count). The van der Waals surface area contributed by atoms with Gasteiger partial charge in [-0.25, -0.2) is 8.42 Å². The van der Waals surface area contributed by atoms with Crippen molar-refractivity contribution in [3.8, 4) is 0 Å². The molecule has 0 amide bonds.